The van der Waals surface area contributed by atoms with Gasteiger partial charge in [0.05, 0.1) is 4.47 Å². The van der Waals surface area contributed by atoms with Gasteiger partial charge in [-0.3, -0.25) is 0 Å². The maximum Gasteiger partial charge on any atom is 0.371 e. The molecule has 1 aromatic heterocycles. The van der Waals surface area contributed by atoms with E-state index in [-0.39, 0.29) is 10.3 Å². The minimum Gasteiger partial charge on any atom is -0.475 e. The molecule has 0 bridgehead atoms. The highest BCUT2D eigenvalue weighted by atomic mass is 79.9. The maximum atomic E-state index is 10.6. The third-order valence-corrected chi connectivity index (χ3v) is 2.31. The zero-order chi connectivity index (χ0) is 11.4. The van der Waals surface area contributed by atoms with E-state index in [0.29, 0.717) is 16.9 Å². The van der Waals surface area contributed by atoms with Crippen LogP contribution in [0.1, 0.15) is 10.6 Å². The highest BCUT2D eigenvalue weighted by Gasteiger charge is 2.13. The molecule has 7 heteroatoms. The van der Waals surface area contributed by atoms with Crippen molar-refractivity contribution in [2.45, 2.75) is 0 Å². The quantitative estimate of drug-likeness (QED) is 0.893. The average Bonchev–Trinajstić information content (AvgIpc) is 2.47. The SMILES string of the molecule is O=C(O)c1cc(Br)c(NCC=C(Cl)Cl)o1. The van der Waals surface area contributed by atoms with Crippen molar-refractivity contribution in [2.75, 3.05) is 11.9 Å². The first-order valence-corrected chi connectivity index (χ1v) is 5.33. The molecule has 1 heterocycles. The largest absolute Gasteiger partial charge is 0.475 e. The molecule has 0 amide bonds. The molecule has 0 aliphatic rings. The number of rotatable bonds is 4. The van der Waals surface area contributed by atoms with Crippen molar-refractivity contribution in [1.82, 2.24) is 0 Å². The first kappa shape index (κ1) is 12.4. The summed E-state index contributed by atoms with van der Waals surface area (Å²) in [5.74, 6) is -0.960. The van der Waals surface area contributed by atoms with E-state index in [1.54, 1.807) is 0 Å². The Kier molecular flexibility index (Phi) is 4.50. The summed E-state index contributed by atoms with van der Waals surface area (Å²) in [7, 11) is 0. The van der Waals surface area contributed by atoms with Gasteiger partial charge in [-0.15, -0.1) is 0 Å². The van der Waals surface area contributed by atoms with Crippen LogP contribution in [0.25, 0.3) is 0 Å². The molecule has 0 aromatic carbocycles. The first-order valence-electron chi connectivity index (χ1n) is 3.78. The topological polar surface area (TPSA) is 62.5 Å². The maximum absolute atomic E-state index is 10.6. The number of anilines is 1. The number of nitrogens with one attached hydrogen (secondary N) is 1. The average molecular weight is 315 g/mol. The molecule has 15 heavy (non-hydrogen) atoms. The van der Waals surface area contributed by atoms with Gasteiger partial charge in [0.15, 0.2) is 0 Å². The Hall–Kier alpha value is -0.650. The summed E-state index contributed by atoms with van der Waals surface area (Å²) in [5.41, 5.74) is 0. The standard InChI is InChI=1S/C8H6BrCl2NO3/c9-4-3-5(8(13)14)15-7(4)12-2-1-6(10)11/h1,3,12H,2H2,(H,13,14). The van der Waals surface area contributed by atoms with Gasteiger partial charge in [-0.05, 0) is 22.0 Å². The number of aromatic carboxylic acids is 1. The molecule has 0 atom stereocenters. The number of carboxylic acids is 1. The predicted molar refractivity (Wildman–Crippen MR) is 61.6 cm³/mol. The molecular formula is C8H6BrCl2NO3. The minimum atomic E-state index is -1.13. The van der Waals surface area contributed by atoms with E-state index in [9.17, 15) is 4.79 Å². The Morgan fingerprint density at radius 3 is 2.80 bits per heavy atom. The van der Waals surface area contributed by atoms with E-state index in [0.717, 1.165) is 0 Å². The second kappa shape index (κ2) is 5.44. The van der Waals surface area contributed by atoms with Crippen molar-refractivity contribution >= 4 is 51.0 Å². The van der Waals surface area contributed by atoms with Gasteiger partial charge in [0.1, 0.15) is 4.49 Å². The van der Waals surface area contributed by atoms with Gasteiger partial charge in [0, 0.05) is 12.6 Å². The van der Waals surface area contributed by atoms with E-state index in [1.807, 2.05) is 0 Å². The molecule has 82 valence electrons. The fraction of sp³-hybridized carbons (Fsp3) is 0.125. The van der Waals surface area contributed by atoms with Gasteiger partial charge in [-0.2, -0.15) is 0 Å². The Bertz CT molecular complexity index is 399. The molecule has 0 saturated carbocycles. The van der Waals surface area contributed by atoms with Crippen molar-refractivity contribution in [3.05, 3.63) is 26.9 Å². The van der Waals surface area contributed by atoms with E-state index in [1.165, 1.54) is 12.1 Å². The molecular weight excluding hydrogens is 309 g/mol. The molecule has 0 aliphatic heterocycles. The highest BCUT2D eigenvalue weighted by molar-refractivity contribution is 9.10. The van der Waals surface area contributed by atoms with Crippen molar-refractivity contribution < 1.29 is 14.3 Å². The number of carbonyl (C=O) groups is 1. The molecule has 1 rings (SSSR count). The highest BCUT2D eigenvalue weighted by Crippen LogP contribution is 2.26. The molecule has 0 unspecified atom stereocenters. The van der Waals surface area contributed by atoms with Crippen LogP contribution in [0.3, 0.4) is 0 Å². The van der Waals surface area contributed by atoms with E-state index >= 15 is 0 Å². The van der Waals surface area contributed by atoms with Gasteiger partial charge in [0.25, 0.3) is 0 Å². The van der Waals surface area contributed by atoms with Crippen LogP contribution in [-0.2, 0) is 0 Å². The molecule has 0 saturated heterocycles. The predicted octanol–water partition coefficient (Wildman–Crippen LogP) is 3.47. The summed E-state index contributed by atoms with van der Waals surface area (Å²) >= 11 is 13.9. The van der Waals surface area contributed by atoms with Gasteiger partial charge in [0.2, 0.25) is 11.6 Å². The summed E-state index contributed by atoms with van der Waals surface area (Å²) < 4.78 is 5.64. The molecule has 0 spiro atoms. The first-order chi connectivity index (χ1) is 7.00. The van der Waals surface area contributed by atoms with Crippen molar-refractivity contribution in [2.24, 2.45) is 0 Å². The van der Waals surface area contributed by atoms with Gasteiger partial charge >= 0.3 is 5.97 Å². The molecule has 0 radical (unpaired) electrons. The molecule has 0 aliphatic carbocycles. The summed E-state index contributed by atoms with van der Waals surface area (Å²) in [6.45, 7) is 0.341. The van der Waals surface area contributed by atoms with Crippen LogP contribution in [0.2, 0.25) is 0 Å². The third kappa shape index (κ3) is 3.77. The lowest BCUT2D eigenvalue weighted by Crippen LogP contribution is -1.97. The van der Waals surface area contributed by atoms with Crippen LogP contribution in [0.5, 0.6) is 0 Å². The van der Waals surface area contributed by atoms with E-state index in [4.69, 9.17) is 32.7 Å². The summed E-state index contributed by atoms with van der Waals surface area (Å²) in [5, 5.41) is 11.4. The van der Waals surface area contributed by atoms with Crippen LogP contribution in [0.15, 0.2) is 25.5 Å². The van der Waals surface area contributed by atoms with Gasteiger partial charge < -0.3 is 14.8 Å². The molecule has 0 fully saturated rings. The van der Waals surface area contributed by atoms with Crippen LogP contribution < -0.4 is 5.32 Å². The Morgan fingerprint density at radius 1 is 1.67 bits per heavy atom. The second-order valence-corrected chi connectivity index (χ2v) is 4.33. The lowest BCUT2D eigenvalue weighted by Gasteiger charge is -1.98. The van der Waals surface area contributed by atoms with Gasteiger partial charge in [-0.1, -0.05) is 23.2 Å². The van der Waals surface area contributed by atoms with Crippen molar-refractivity contribution in [3.63, 3.8) is 0 Å². The summed E-state index contributed by atoms with van der Waals surface area (Å²) in [6.07, 6.45) is 1.51. The van der Waals surface area contributed by atoms with E-state index in [2.05, 4.69) is 21.2 Å². The van der Waals surface area contributed by atoms with Crippen LogP contribution >= 0.6 is 39.1 Å². The lowest BCUT2D eigenvalue weighted by atomic mass is 10.4. The molecule has 4 nitrogen and oxygen atoms in total. The Morgan fingerprint density at radius 2 is 2.33 bits per heavy atom. The van der Waals surface area contributed by atoms with Crippen molar-refractivity contribution in [1.29, 1.82) is 0 Å². The Balaban J connectivity index is 2.69. The summed E-state index contributed by atoms with van der Waals surface area (Å²) in [6, 6.07) is 1.36. The molecule has 2 N–H and O–H groups in total. The lowest BCUT2D eigenvalue weighted by molar-refractivity contribution is 0.0663. The minimum absolute atomic E-state index is 0.128. The normalized spacial score (nSPS) is 9.80. The number of hydrogen-bond donors (Lipinski definition) is 2. The Labute approximate surface area is 104 Å². The van der Waals surface area contributed by atoms with Gasteiger partial charge in [-0.25, -0.2) is 4.79 Å². The zero-order valence-corrected chi connectivity index (χ0v) is 10.4. The molecule has 1 aromatic rings. The monoisotopic (exact) mass is 313 g/mol. The fourth-order valence-corrected chi connectivity index (χ4v) is 1.40. The number of carboxylic acid groups (broad SMARTS) is 1. The third-order valence-electron chi connectivity index (χ3n) is 1.42. The number of furan rings is 1. The van der Waals surface area contributed by atoms with Crippen LogP contribution in [0, 0.1) is 0 Å². The van der Waals surface area contributed by atoms with Crippen LogP contribution in [0.4, 0.5) is 5.88 Å². The number of hydrogen-bond acceptors (Lipinski definition) is 3. The summed E-state index contributed by atoms with van der Waals surface area (Å²) in [4.78, 5) is 10.6. The smallest absolute Gasteiger partial charge is 0.371 e. The van der Waals surface area contributed by atoms with Crippen LogP contribution in [-0.4, -0.2) is 17.6 Å². The van der Waals surface area contributed by atoms with E-state index < -0.39 is 5.97 Å². The number of halogens is 3. The zero-order valence-electron chi connectivity index (χ0n) is 7.26. The fourth-order valence-electron chi connectivity index (χ4n) is 0.816. The second-order valence-electron chi connectivity index (χ2n) is 2.47. The van der Waals surface area contributed by atoms with Crippen molar-refractivity contribution in [3.8, 4) is 0 Å².